The molecule has 0 aliphatic heterocycles. The Kier molecular flexibility index (Phi) is 5.55. The highest BCUT2D eigenvalue weighted by Gasteiger charge is 1.96. The second kappa shape index (κ2) is 7.00. The number of rotatable bonds is 4. The van der Waals surface area contributed by atoms with Gasteiger partial charge in [-0.2, -0.15) is 0 Å². The number of aliphatic hydroxyl groups is 1. The summed E-state index contributed by atoms with van der Waals surface area (Å²) >= 11 is 0. The maximum atomic E-state index is 12.6. The number of halogens is 1. The van der Waals surface area contributed by atoms with Crippen LogP contribution in [0.3, 0.4) is 0 Å². The molecule has 0 spiro atoms. The molecular formula is C13H16FNO. The summed E-state index contributed by atoms with van der Waals surface area (Å²) in [5.74, 6) is 5.71. The molecule has 0 aromatic heterocycles. The molecule has 0 bridgehead atoms. The van der Waals surface area contributed by atoms with Crippen molar-refractivity contribution in [3.8, 4) is 11.8 Å². The first-order chi connectivity index (χ1) is 7.76. The van der Waals surface area contributed by atoms with Crippen molar-refractivity contribution in [2.24, 2.45) is 0 Å². The zero-order chi connectivity index (χ0) is 11.8. The van der Waals surface area contributed by atoms with E-state index in [-0.39, 0.29) is 12.4 Å². The van der Waals surface area contributed by atoms with Crippen LogP contribution in [0.25, 0.3) is 0 Å². The van der Waals surface area contributed by atoms with Crippen LogP contribution < -0.4 is 0 Å². The quantitative estimate of drug-likeness (QED) is 0.779. The number of likely N-dealkylation sites (N-methyl/N-ethyl adjacent to an activating group) is 1. The van der Waals surface area contributed by atoms with Crippen molar-refractivity contribution in [2.45, 2.75) is 6.92 Å². The van der Waals surface area contributed by atoms with Crippen LogP contribution in [0.2, 0.25) is 0 Å². The van der Waals surface area contributed by atoms with E-state index < -0.39 is 0 Å². The highest BCUT2D eigenvalue weighted by molar-refractivity contribution is 5.34. The Balaban J connectivity index is 2.50. The van der Waals surface area contributed by atoms with Crippen LogP contribution in [0.5, 0.6) is 0 Å². The molecule has 3 heteroatoms. The average Bonchev–Trinajstić information content (AvgIpc) is 2.30. The number of hydrogen-bond acceptors (Lipinski definition) is 2. The first kappa shape index (κ1) is 12.7. The van der Waals surface area contributed by atoms with E-state index in [9.17, 15) is 4.39 Å². The summed E-state index contributed by atoms with van der Waals surface area (Å²) in [6.07, 6.45) is 0. The Morgan fingerprint density at radius 2 is 2.00 bits per heavy atom. The van der Waals surface area contributed by atoms with E-state index in [0.29, 0.717) is 13.1 Å². The third kappa shape index (κ3) is 4.43. The minimum Gasteiger partial charge on any atom is -0.395 e. The van der Waals surface area contributed by atoms with Crippen molar-refractivity contribution < 1.29 is 9.50 Å². The molecule has 2 nitrogen and oxygen atoms in total. The highest BCUT2D eigenvalue weighted by atomic mass is 19.1. The lowest BCUT2D eigenvalue weighted by Crippen LogP contribution is -2.26. The molecule has 1 aromatic rings. The lowest BCUT2D eigenvalue weighted by Gasteiger charge is -2.14. The molecule has 0 aliphatic rings. The summed E-state index contributed by atoms with van der Waals surface area (Å²) in [6.45, 7) is 4.28. The van der Waals surface area contributed by atoms with Crippen LogP contribution in [-0.4, -0.2) is 36.2 Å². The lowest BCUT2D eigenvalue weighted by atomic mass is 10.2. The predicted molar refractivity (Wildman–Crippen MR) is 62.5 cm³/mol. The van der Waals surface area contributed by atoms with Crippen LogP contribution in [0.15, 0.2) is 24.3 Å². The van der Waals surface area contributed by atoms with Crippen molar-refractivity contribution in [3.63, 3.8) is 0 Å². The van der Waals surface area contributed by atoms with E-state index in [1.165, 1.54) is 12.1 Å². The van der Waals surface area contributed by atoms with E-state index in [2.05, 4.69) is 11.8 Å². The van der Waals surface area contributed by atoms with Crippen molar-refractivity contribution in [1.82, 2.24) is 4.90 Å². The Morgan fingerprint density at radius 3 is 2.56 bits per heavy atom. The summed E-state index contributed by atoms with van der Waals surface area (Å²) in [5, 5.41) is 8.78. The molecule has 0 heterocycles. The molecule has 0 radical (unpaired) electrons. The maximum Gasteiger partial charge on any atom is 0.123 e. The molecule has 0 fully saturated rings. The van der Waals surface area contributed by atoms with Gasteiger partial charge >= 0.3 is 0 Å². The molecule has 1 rings (SSSR count). The van der Waals surface area contributed by atoms with Gasteiger partial charge in [0.2, 0.25) is 0 Å². The standard InChI is InChI=1S/C13H16FNO/c1-2-15(10-11-16)9-3-4-12-5-7-13(14)8-6-12/h5-8,16H,2,9-11H2,1H3. The first-order valence-electron chi connectivity index (χ1n) is 5.34. The van der Waals surface area contributed by atoms with Crippen LogP contribution in [0, 0.1) is 17.7 Å². The van der Waals surface area contributed by atoms with Crippen molar-refractivity contribution in [2.75, 3.05) is 26.2 Å². The normalized spacial score (nSPS) is 10.0. The van der Waals surface area contributed by atoms with Crippen LogP contribution in [-0.2, 0) is 0 Å². The molecular weight excluding hydrogens is 205 g/mol. The fourth-order valence-electron chi connectivity index (χ4n) is 1.28. The predicted octanol–water partition coefficient (Wildman–Crippen LogP) is 1.49. The molecule has 0 atom stereocenters. The molecule has 16 heavy (non-hydrogen) atoms. The molecule has 1 aromatic carbocycles. The van der Waals surface area contributed by atoms with Gasteiger partial charge < -0.3 is 5.11 Å². The minimum absolute atomic E-state index is 0.145. The van der Waals surface area contributed by atoms with Gasteiger partial charge in [0, 0.05) is 12.1 Å². The molecule has 0 aliphatic carbocycles. The summed E-state index contributed by atoms with van der Waals surface area (Å²) in [4.78, 5) is 2.04. The highest BCUT2D eigenvalue weighted by Crippen LogP contribution is 2.00. The van der Waals surface area contributed by atoms with Crippen LogP contribution in [0.1, 0.15) is 12.5 Å². The Morgan fingerprint density at radius 1 is 1.31 bits per heavy atom. The van der Waals surface area contributed by atoms with Crippen molar-refractivity contribution >= 4 is 0 Å². The largest absolute Gasteiger partial charge is 0.395 e. The summed E-state index contributed by atoms with van der Waals surface area (Å²) in [7, 11) is 0. The van der Waals surface area contributed by atoms with E-state index in [1.807, 2.05) is 11.8 Å². The van der Waals surface area contributed by atoms with Gasteiger partial charge in [0.15, 0.2) is 0 Å². The fourth-order valence-corrected chi connectivity index (χ4v) is 1.28. The third-order valence-electron chi connectivity index (χ3n) is 2.24. The smallest absolute Gasteiger partial charge is 0.123 e. The van der Waals surface area contributed by atoms with Crippen LogP contribution in [0.4, 0.5) is 4.39 Å². The van der Waals surface area contributed by atoms with Crippen molar-refractivity contribution in [3.05, 3.63) is 35.6 Å². The zero-order valence-corrected chi connectivity index (χ0v) is 9.41. The third-order valence-corrected chi connectivity index (χ3v) is 2.24. The molecule has 0 saturated carbocycles. The second-order valence-electron chi connectivity index (χ2n) is 3.40. The Bertz CT molecular complexity index is 364. The van der Waals surface area contributed by atoms with Crippen LogP contribution >= 0.6 is 0 Å². The first-order valence-corrected chi connectivity index (χ1v) is 5.34. The Labute approximate surface area is 95.7 Å². The minimum atomic E-state index is -0.249. The number of aliphatic hydroxyl groups excluding tert-OH is 1. The summed E-state index contributed by atoms with van der Waals surface area (Å²) in [5.41, 5.74) is 0.807. The molecule has 86 valence electrons. The average molecular weight is 221 g/mol. The van der Waals surface area contributed by atoms with Gasteiger partial charge in [0.05, 0.1) is 13.2 Å². The lowest BCUT2D eigenvalue weighted by molar-refractivity contribution is 0.216. The van der Waals surface area contributed by atoms with E-state index in [0.717, 1.165) is 12.1 Å². The molecule has 0 unspecified atom stereocenters. The number of benzene rings is 1. The van der Waals surface area contributed by atoms with E-state index in [4.69, 9.17) is 5.11 Å². The van der Waals surface area contributed by atoms with Gasteiger partial charge in [-0.1, -0.05) is 18.8 Å². The Hall–Kier alpha value is -1.37. The van der Waals surface area contributed by atoms with Crippen molar-refractivity contribution in [1.29, 1.82) is 0 Å². The monoisotopic (exact) mass is 221 g/mol. The molecule has 0 saturated heterocycles. The molecule has 0 amide bonds. The molecule has 1 N–H and O–H groups in total. The fraction of sp³-hybridized carbons (Fsp3) is 0.385. The second-order valence-corrected chi connectivity index (χ2v) is 3.40. The van der Waals surface area contributed by atoms with E-state index >= 15 is 0 Å². The number of nitrogens with zero attached hydrogens (tertiary/aromatic N) is 1. The summed E-state index contributed by atoms with van der Waals surface area (Å²) < 4.78 is 12.6. The zero-order valence-electron chi connectivity index (χ0n) is 9.41. The van der Waals surface area contributed by atoms with Gasteiger partial charge in [-0.3, -0.25) is 4.90 Å². The SMILES string of the molecule is CCN(CC#Cc1ccc(F)cc1)CCO. The van der Waals surface area contributed by atoms with Gasteiger partial charge in [-0.05, 0) is 30.8 Å². The van der Waals surface area contributed by atoms with E-state index in [1.54, 1.807) is 12.1 Å². The van der Waals surface area contributed by atoms with Gasteiger partial charge in [0.25, 0.3) is 0 Å². The maximum absolute atomic E-state index is 12.6. The van der Waals surface area contributed by atoms with Gasteiger partial charge in [-0.25, -0.2) is 4.39 Å². The van der Waals surface area contributed by atoms with Gasteiger partial charge in [-0.15, -0.1) is 0 Å². The van der Waals surface area contributed by atoms with Gasteiger partial charge in [0.1, 0.15) is 5.82 Å². The summed E-state index contributed by atoms with van der Waals surface area (Å²) in [6, 6.07) is 6.11. The number of hydrogen-bond donors (Lipinski definition) is 1. The topological polar surface area (TPSA) is 23.5 Å².